The minimum atomic E-state index is 0.0949. The number of hydrogen-bond acceptors (Lipinski definition) is 2. The molecule has 0 saturated carbocycles. The predicted octanol–water partition coefficient (Wildman–Crippen LogP) is 0.706. The third kappa shape index (κ3) is 1.20. The van der Waals surface area contributed by atoms with Gasteiger partial charge in [-0.25, -0.2) is 0 Å². The van der Waals surface area contributed by atoms with Crippen LogP contribution < -0.4 is 0 Å². The van der Waals surface area contributed by atoms with Gasteiger partial charge >= 0.3 is 0 Å². The summed E-state index contributed by atoms with van der Waals surface area (Å²) >= 11 is 0. The molecule has 1 aliphatic rings. The van der Waals surface area contributed by atoms with Gasteiger partial charge in [-0.15, -0.1) is 0 Å². The van der Waals surface area contributed by atoms with E-state index in [1.807, 2.05) is 6.92 Å². The second-order valence-electron chi connectivity index (χ2n) is 2.05. The van der Waals surface area contributed by atoms with Gasteiger partial charge < -0.3 is 9.47 Å². The van der Waals surface area contributed by atoms with Gasteiger partial charge in [0.15, 0.2) is 0 Å². The van der Waals surface area contributed by atoms with E-state index < -0.39 is 0 Å². The van der Waals surface area contributed by atoms with Gasteiger partial charge in [-0.2, -0.15) is 0 Å². The Hall–Kier alpha value is -0.0800. The third-order valence-electron chi connectivity index (χ3n) is 1.23. The van der Waals surface area contributed by atoms with Crippen LogP contribution in [0.1, 0.15) is 6.92 Å². The minimum absolute atomic E-state index is 0.0949. The molecule has 0 aromatic rings. The van der Waals surface area contributed by atoms with Crippen LogP contribution in [0.5, 0.6) is 0 Å². The molecule has 0 amide bonds. The molecule has 2 radical (unpaired) electrons. The molecule has 0 aromatic carbocycles. The van der Waals surface area contributed by atoms with E-state index in [-0.39, 0.29) is 12.0 Å². The number of ether oxygens (including phenoxy) is 2. The molecule has 1 heterocycles. The Kier molecular flexibility index (Phi) is 1.86. The summed E-state index contributed by atoms with van der Waals surface area (Å²) in [6.45, 7) is 8.47. The van der Waals surface area contributed by atoms with E-state index in [2.05, 4.69) is 0 Å². The van der Waals surface area contributed by atoms with Crippen LogP contribution in [0.2, 0.25) is 0 Å². The topological polar surface area (TPSA) is 18.5 Å². The van der Waals surface area contributed by atoms with E-state index in [0.717, 1.165) is 0 Å². The van der Waals surface area contributed by atoms with Crippen molar-refractivity contribution in [2.75, 3.05) is 13.4 Å². The van der Waals surface area contributed by atoms with E-state index in [1.165, 1.54) is 0 Å². The van der Waals surface area contributed by atoms with Crippen molar-refractivity contribution in [3.05, 3.63) is 6.92 Å². The summed E-state index contributed by atoms with van der Waals surface area (Å²) in [5.74, 6) is 0.0949. The minimum Gasteiger partial charge on any atom is -0.353 e. The quantitative estimate of drug-likeness (QED) is 0.499. The van der Waals surface area contributed by atoms with Gasteiger partial charge in [0.2, 0.25) is 0 Å². The molecule has 0 N–H and O–H groups in total. The van der Waals surface area contributed by atoms with Crippen molar-refractivity contribution in [2.24, 2.45) is 5.92 Å². The van der Waals surface area contributed by atoms with Crippen LogP contribution in [-0.4, -0.2) is 19.5 Å². The zero-order valence-corrected chi connectivity index (χ0v) is 4.96. The summed E-state index contributed by atoms with van der Waals surface area (Å²) in [5.41, 5.74) is 0. The normalized spacial score (nSPS) is 29.6. The maximum Gasteiger partial charge on any atom is 0.147 e. The molecule has 1 fully saturated rings. The first-order valence-electron chi connectivity index (χ1n) is 2.75. The van der Waals surface area contributed by atoms with Gasteiger partial charge in [-0.3, -0.25) is 0 Å². The van der Waals surface area contributed by atoms with Crippen LogP contribution in [0.25, 0.3) is 0 Å². The highest BCUT2D eigenvalue weighted by Gasteiger charge is 2.18. The molecule has 2 atom stereocenters. The standard InChI is InChI=1S/C6H10O2/c1-5(2)6-3-7-4-8-6/h1,5-6H,3-4H2,2H3. The number of hydrogen-bond donors (Lipinski definition) is 0. The highest BCUT2D eigenvalue weighted by atomic mass is 16.7. The van der Waals surface area contributed by atoms with Crippen molar-refractivity contribution in [1.82, 2.24) is 0 Å². The molecule has 2 unspecified atom stereocenters. The van der Waals surface area contributed by atoms with E-state index >= 15 is 0 Å². The van der Waals surface area contributed by atoms with Gasteiger partial charge in [0, 0.05) is 0 Å². The first kappa shape index (κ1) is 6.05. The fourth-order valence-corrected chi connectivity index (χ4v) is 0.651. The maximum absolute atomic E-state index is 5.49. The molecule has 0 bridgehead atoms. The molecular formula is C6H10O2. The molecule has 8 heavy (non-hydrogen) atoms. The highest BCUT2D eigenvalue weighted by Crippen LogP contribution is 2.11. The van der Waals surface area contributed by atoms with Gasteiger partial charge in [0.25, 0.3) is 0 Å². The molecule has 2 nitrogen and oxygen atoms in total. The molecule has 1 saturated heterocycles. The molecule has 0 aliphatic carbocycles. The summed E-state index contributed by atoms with van der Waals surface area (Å²) in [6, 6.07) is 0. The summed E-state index contributed by atoms with van der Waals surface area (Å²) in [4.78, 5) is 0. The van der Waals surface area contributed by atoms with Crippen molar-refractivity contribution in [2.45, 2.75) is 13.0 Å². The Morgan fingerprint density at radius 2 is 2.50 bits per heavy atom. The number of rotatable bonds is 1. The van der Waals surface area contributed by atoms with E-state index in [4.69, 9.17) is 16.4 Å². The summed E-state index contributed by atoms with van der Waals surface area (Å²) in [7, 11) is 0. The Bertz CT molecular complexity index is 64.9. The maximum atomic E-state index is 5.49. The summed E-state index contributed by atoms with van der Waals surface area (Å²) in [6.07, 6.45) is 0.120. The lowest BCUT2D eigenvalue weighted by Crippen LogP contribution is -2.16. The first-order chi connectivity index (χ1) is 3.80. The Labute approximate surface area is 49.8 Å². The smallest absolute Gasteiger partial charge is 0.147 e. The summed E-state index contributed by atoms with van der Waals surface area (Å²) in [5, 5.41) is 0. The fourth-order valence-electron chi connectivity index (χ4n) is 0.651. The van der Waals surface area contributed by atoms with Crippen molar-refractivity contribution in [3.63, 3.8) is 0 Å². The van der Waals surface area contributed by atoms with Gasteiger partial charge in [0.05, 0.1) is 12.7 Å². The lowest BCUT2D eigenvalue weighted by atomic mass is 10.1. The first-order valence-corrected chi connectivity index (χ1v) is 2.75. The molecule has 0 aromatic heterocycles. The lowest BCUT2D eigenvalue weighted by molar-refractivity contribution is 0.0369. The van der Waals surface area contributed by atoms with Crippen molar-refractivity contribution < 1.29 is 9.47 Å². The monoisotopic (exact) mass is 114 g/mol. The Balaban J connectivity index is 2.24. The molecule has 2 heteroatoms. The third-order valence-corrected chi connectivity index (χ3v) is 1.23. The zero-order valence-electron chi connectivity index (χ0n) is 4.96. The second kappa shape index (κ2) is 2.46. The zero-order chi connectivity index (χ0) is 5.98. The van der Waals surface area contributed by atoms with Crippen LogP contribution >= 0.6 is 0 Å². The molecular weight excluding hydrogens is 104 g/mol. The van der Waals surface area contributed by atoms with Gasteiger partial charge in [-0.1, -0.05) is 6.92 Å². The van der Waals surface area contributed by atoms with Crippen molar-refractivity contribution >= 4 is 0 Å². The SMILES string of the molecule is [CH]C(C)C1COCO1. The van der Waals surface area contributed by atoms with Crippen LogP contribution in [-0.2, 0) is 9.47 Å². The predicted molar refractivity (Wildman–Crippen MR) is 29.2 cm³/mol. The van der Waals surface area contributed by atoms with Crippen LogP contribution in [0.3, 0.4) is 0 Å². The Morgan fingerprint density at radius 1 is 1.75 bits per heavy atom. The van der Waals surface area contributed by atoms with Crippen molar-refractivity contribution in [3.8, 4) is 0 Å². The van der Waals surface area contributed by atoms with Crippen LogP contribution in [0.4, 0.5) is 0 Å². The highest BCUT2D eigenvalue weighted by molar-refractivity contribution is 4.68. The Morgan fingerprint density at radius 3 is 2.75 bits per heavy atom. The fraction of sp³-hybridized carbons (Fsp3) is 0.833. The van der Waals surface area contributed by atoms with E-state index in [0.29, 0.717) is 13.4 Å². The lowest BCUT2D eigenvalue weighted by Gasteiger charge is -2.08. The van der Waals surface area contributed by atoms with Gasteiger partial charge in [0.1, 0.15) is 6.79 Å². The summed E-state index contributed by atoms with van der Waals surface area (Å²) < 4.78 is 9.98. The molecule has 1 aliphatic heterocycles. The average molecular weight is 114 g/mol. The largest absolute Gasteiger partial charge is 0.353 e. The second-order valence-corrected chi connectivity index (χ2v) is 2.05. The van der Waals surface area contributed by atoms with Crippen molar-refractivity contribution in [1.29, 1.82) is 0 Å². The van der Waals surface area contributed by atoms with Crippen LogP contribution in [0.15, 0.2) is 0 Å². The molecule has 0 spiro atoms. The van der Waals surface area contributed by atoms with Gasteiger partial charge in [-0.05, 0) is 12.8 Å². The van der Waals surface area contributed by atoms with Crippen LogP contribution in [0, 0.1) is 12.8 Å². The average Bonchev–Trinajstić information content (AvgIpc) is 2.12. The molecule has 1 rings (SSSR count). The van der Waals surface area contributed by atoms with E-state index in [1.54, 1.807) is 0 Å². The molecule has 46 valence electrons. The van der Waals surface area contributed by atoms with E-state index in [9.17, 15) is 0 Å².